The van der Waals surface area contributed by atoms with Crippen LogP contribution in [-0.4, -0.2) is 7.11 Å². The van der Waals surface area contributed by atoms with E-state index in [0.717, 1.165) is 5.75 Å². The highest BCUT2D eigenvalue weighted by Gasteiger charge is 2.50. The Morgan fingerprint density at radius 2 is 1.62 bits per heavy atom. The first-order valence-electron chi connectivity index (χ1n) is 7.43. The zero-order chi connectivity index (χ0) is 15.0. The predicted molar refractivity (Wildman–Crippen MR) is 91.5 cm³/mol. The van der Waals surface area contributed by atoms with Gasteiger partial charge in [-0.15, -0.1) is 0 Å². The summed E-state index contributed by atoms with van der Waals surface area (Å²) in [6, 6.07) is 15.4. The lowest BCUT2D eigenvalue weighted by molar-refractivity contribution is 0.408. The van der Waals surface area contributed by atoms with Gasteiger partial charge in [-0.3, -0.25) is 0 Å². The summed E-state index contributed by atoms with van der Waals surface area (Å²) in [4.78, 5) is 0.357. The molecular formula is C19H21BrO. The number of rotatable bonds is 4. The lowest BCUT2D eigenvalue weighted by Gasteiger charge is -2.24. The van der Waals surface area contributed by atoms with Gasteiger partial charge >= 0.3 is 0 Å². The molecule has 0 amide bonds. The van der Waals surface area contributed by atoms with E-state index in [2.05, 4.69) is 72.2 Å². The molecule has 0 N–H and O–H groups in total. The second kappa shape index (κ2) is 5.49. The van der Waals surface area contributed by atoms with Crippen LogP contribution in [0.25, 0.3) is 0 Å². The number of benzene rings is 2. The molecule has 0 saturated heterocycles. The number of alkyl halides is 1. The van der Waals surface area contributed by atoms with E-state index in [1.54, 1.807) is 7.11 Å². The maximum Gasteiger partial charge on any atom is 0.124 e. The Morgan fingerprint density at radius 3 is 2.10 bits per heavy atom. The first-order valence-corrected chi connectivity index (χ1v) is 8.35. The maximum absolute atomic E-state index is 5.48. The van der Waals surface area contributed by atoms with Crippen molar-refractivity contribution in [3.63, 3.8) is 0 Å². The van der Waals surface area contributed by atoms with Gasteiger partial charge in [0.1, 0.15) is 5.75 Å². The number of ether oxygens (including phenoxy) is 1. The molecule has 1 aliphatic carbocycles. The zero-order valence-corrected chi connectivity index (χ0v) is 14.4. The standard InChI is InChI=1S/C19H21BrO/c1-13-11-15(12-14(2)17(13)21-3)18(20)19(9-10-19)16-7-5-4-6-8-16/h4-8,11-12,18H,9-10H2,1-3H3. The fraction of sp³-hybridized carbons (Fsp3) is 0.368. The van der Waals surface area contributed by atoms with Crippen LogP contribution in [0.2, 0.25) is 0 Å². The molecule has 3 rings (SSSR count). The maximum atomic E-state index is 5.48. The molecule has 0 heterocycles. The molecule has 2 aromatic carbocycles. The third-order valence-electron chi connectivity index (χ3n) is 4.60. The molecule has 1 atom stereocenters. The van der Waals surface area contributed by atoms with Gasteiger partial charge in [0.05, 0.1) is 7.11 Å². The Bertz CT molecular complexity index is 621. The third-order valence-corrected chi connectivity index (χ3v) is 6.01. The van der Waals surface area contributed by atoms with Gasteiger partial charge in [-0.05, 0) is 48.9 Å². The van der Waals surface area contributed by atoms with Gasteiger partial charge in [-0.2, -0.15) is 0 Å². The van der Waals surface area contributed by atoms with E-state index in [1.165, 1.54) is 35.1 Å². The van der Waals surface area contributed by atoms with Crippen molar-refractivity contribution in [1.82, 2.24) is 0 Å². The molecule has 2 aromatic rings. The van der Waals surface area contributed by atoms with Gasteiger partial charge in [0.2, 0.25) is 0 Å². The monoisotopic (exact) mass is 344 g/mol. The van der Waals surface area contributed by atoms with Crippen LogP contribution in [0.4, 0.5) is 0 Å². The molecule has 1 fully saturated rings. The van der Waals surface area contributed by atoms with Crippen molar-refractivity contribution in [2.45, 2.75) is 36.9 Å². The van der Waals surface area contributed by atoms with E-state index in [4.69, 9.17) is 4.74 Å². The summed E-state index contributed by atoms with van der Waals surface area (Å²) in [6.45, 7) is 4.24. The second-order valence-corrected chi connectivity index (χ2v) is 6.99. The summed E-state index contributed by atoms with van der Waals surface area (Å²) in [5.41, 5.74) is 5.47. The molecule has 1 unspecified atom stereocenters. The zero-order valence-electron chi connectivity index (χ0n) is 12.8. The van der Waals surface area contributed by atoms with Gasteiger partial charge < -0.3 is 4.74 Å². The van der Waals surface area contributed by atoms with E-state index < -0.39 is 0 Å². The first-order chi connectivity index (χ1) is 10.1. The van der Waals surface area contributed by atoms with E-state index in [1.807, 2.05) is 0 Å². The van der Waals surface area contributed by atoms with Crippen LogP contribution >= 0.6 is 15.9 Å². The van der Waals surface area contributed by atoms with Gasteiger partial charge in [0.15, 0.2) is 0 Å². The van der Waals surface area contributed by atoms with Crippen molar-refractivity contribution >= 4 is 15.9 Å². The highest BCUT2D eigenvalue weighted by atomic mass is 79.9. The van der Waals surface area contributed by atoms with Crippen molar-refractivity contribution < 1.29 is 4.74 Å². The van der Waals surface area contributed by atoms with Crippen LogP contribution in [0, 0.1) is 13.8 Å². The van der Waals surface area contributed by atoms with Crippen LogP contribution in [0.3, 0.4) is 0 Å². The van der Waals surface area contributed by atoms with Crippen LogP contribution < -0.4 is 4.74 Å². The van der Waals surface area contributed by atoms with Crippen molar-refractivity contribution in [1.29, 1.82) is 0 Å². The van der Waals surface area contributed by atoms with Gasteiger partial charge in [0, 0.05) is 10.2 Å². The Balaban J connectivity index is 1.98. The summed E-state index contributed by atoms with van der Waals surface area (Å²) in [7, 11) is 1.74. The van der Waals surface area contributed by atoms with Crippen LogP contribution in [0.5, 0.6) is 5.75 Å². The lowest BCUT2D eigenvalue weighted by atomic mass is 9.87. The molecular weight excluding hydrogens is 324 g/mol. The number of hydrogen-bond donors (Lipinski definition) is 0. The average molecular weight is 345 g/mol. The molecule has 21 heavy (non-hydrogen) atoms. The van der Waals surface area contributed by atoms with Gasteiger partial charge in [-0.25, -0.2) is 0 Å². The SMILES string of the molecule is COc1c(C)cc(C(Br)C2(c3ccccc3)CC2)cc1C. The summed E-state index contributed by atoms with van der Waals surface area (Å²) < 4.78 is 5.48. The molecule has 110 valence electrons. The molecule has 1 aliphatic rings. The summed E-state index contributed by atoms with van der Waals surface area (Å²) >= 11 is 3.98. The minimum absolute atomic E-state index is 0.259. The first kappa shape index (κ1) is 14.6. The fourth-order valence-electron chi connectivity index (χ4n) is 3.36. The molecule has 1 saturated carbocycles. The Hall–Kier alpha value is -1.28. The van der Waals surface area contributed by atoms with E-state index in [-0.39, 0.29) is 5.41 Å². The molecule has 2 heteroatoms. The van der Waals surface area contributed by atoms with Crippen LogP contribution in [0.15, 0.2) is 42.5 Å². The highest BCUT2D eigenvalue weighted by molar-refractivity contribution is 9.09. The van der Waals surface area contributed by atoms with Gasteiger partial charge in [-0.1, -0.05) is 58.4 Å². The molecule has 0 bridgehead atoms. The minimum Gasteiger partial charge on any atom is -0.496 e. The quantitative estimate of drug-likeness (QED) is 0.667. The van der Waals surface area contributed by atoms with Crippen molar-refractivity contribution in [2.75, 3.05) is 7.11 Å². The molecule has 0 spiro atoms. The predicted octanol–water partition coefficient (Wildman–Crippen LogP) is 5.48. The van der Waals surface area contributed by atoms with Crippen molar-refractivity contribution in [3.8, 4) is 5.75 Å². The van der Waals surface area contributed by atoms with Gasteiger partial charge in [0.25, 0.3) is 0 Å². The molecule has 1 nitrogen and oxygen atoms in total. The minimum atomic E-state index is 0.259. The number of hydrogen-bond acceptors (Lipinski definition) is 1. The van der Waals surface area contributed by atoms with Crippen molar-refractivity contribution in [2.24, 2.45) is 0 Å². The number of methoxy groups -OCH3 is 1. The average Bonchev–Trinajstić information content (AvgIpc) is 3.29. The molecule has 0 aromatic heterocycles. The summed E-state index contributed by atoms with van der Waals surface area (Å²) in [5, 5.41) is 0. The molecule has 0 aliphatic heterocycles. The topological polar surface area (TPSA) is 9.23 Å². The van der Waals surface area contributed by atoms with Crippen molar-refractivity contribution in [3.05, 3.63) is 64.7 Å². The lowest BCUT2D eigenvalue weighted by Crippen LogP contribution is -2.14. The van der Waals surface area contributed by atoms with E-state index in [9.17, 15) is 0 Å². The van der Waals surface area contributed by atoms with E-state index >= 15 is 0 Å². The third kappa shape index (κ3) is 2.50. The number of halogens is 1. The number of aryl methyl sites for hydroxylation is 2. The molecule has 0 radical (unpaired) electrons. The van der Waals surface area contributed by atoms with Crippen LogP contribution in [-0.2, 0) is 5.41 Å². The fourth-order valence-corrected chi connectivity index (χ4v) is 4.35. The summed E-state index contributed by atoms with van der Waals surface area (Å²) in [6.07, 6.45) is 2.49. The highest BCUT2D eigenvalue weighted by Crippen LogP contribution is 2.60. The Morgan fingerprint density at radius 1 is 1.05 bits per heavy atom. The second-order valence-electron chi connectivity index (χ2n) is 6.07. The normalized spacial score (nSPS) is 17.3. The smallest absolute Gasteiger partial charge is 0.124 e. The Kier molecular flexibility index (Phi) is 3.83. The summed E-state index contributed by atoms with van der Waals surface area (Å²) in [5.74, 6) is 1.00. The van der Waals surface area contributed by atoms with Crippen LogP contribution in [0.1, 0.15) is 39.9 Å². The van der Waals surface area contributed by atoms with E-state index in [0.29, 0.717) is 4.83 Å². The largest absolute Gasteiger partial charge is 0.496 e. The Labute approximate surface area is 135 Å².